The molecule has 1 aliphatic rings. The van der Waals surface area contributed by atoms with E-state index in [2.05, 4.69) is 11.0 Å². The van der Waals surface area contributed by atoms with Crippen molar-refractivity contribution < 1.29 is 9.90 Å². The quantitative estimate of drug-likeness (QED) is 0.857. The highest BCUT2D eigenvalue weighted by Gasteiger charge is 2.35. The number of hydrogen-bond acceptors (Lipinski definition) is 3. The Balaban J connectivity index is 2.04. The van der Waals surface area contributed by atoms with Crippen LogP contribution < -0.4 is 0 Å². The van der Waals surface area contributed by atoms with Gasteiger partial charge in [-0.25, -0.2) is 0 Å². The lowest BCUT2D eigenvalue weighted by Gasteiger charge is -2.41. The first kappa shape index (κ1) is 11.6. The SMILES string of the molecule is CC(c1cccc(C#N)c1)N1CC(C(=O)O)C1. The zero-order valence-electron chi connectivity index (χ0n) is 9.63. The number of hydrogen-bond donors (Lipinski definition) is 1. The molecule has 0 saturated carbocycles. The molecule has 4 heteroatoms. The van der Waals surface area contributed by atoms with Gasteiger partial charge in [-0.15, -0.1) is 0 Å². The van der Waals surface area contributed by atoms with E-state index in [1.54, 1.807) is 6.07 Å². The van der Waals surface area contributed by atoms with Gasteiger partial charge in [0.15, 0.2) is 0 Å². The van der Waals surface area contributed by atoms with Crippen LogP contribution in [0.3, 0.4) is 0 Å². The summed E-state index contributed by atoms with van der Waals surface area (Å²) in [6.07, 6.45) is 0. The molecule has 0 aromatic heterocycles. The molecule has 1 aliphatic heterocycles. The molecule has 1 heterocycles. The Kier molecular flexibility index (Phi) is 3.12. The Morgan fingerprint density at radius 1 is 1.59 bits per heavy atom. The Labute approximate surface area is 100 Å². The average molecular weight is 230 g/mol. The monoisotopic (exact) mass is 230 g/mol. The van der Waals surface area contributed by atoms with Crippen molar-refractivity contribution in [2.75, 3.05) is 13.1 Å². The first-order valence-corrected chi connectivity index (χ1v) is 5.58. The molecule has 1 aromatic carbocycles. The van der Waals surface area contributed by atoms with Crippen LogP contribution in [0.1, 0.15) is 24.1 Å². The highest BCUT2D eigenvalue weighted by Crippen LogP contribution is 2.28. The summed E-state index contributed by atoms with van der Waals surface area (Å²) in [5, 5.41) is 17.6. The third-order valence-electron chi connectivity index (χ3n) is 3.30. The first-order chi connectivity index (χ1) is 8.11. The highest BCUT2D eigenvalue weighted by molar-refractivity contribution is 5.71. The van der Waals surface area contributed by atoms with Gasteiger partial charge in [-0.05, 0) is 24.6 Å². The standard InChI is InChI=1S/C13H14N2O2/c1-9(15-7-12(8-15)13(16)17)11-4-2-3-10(5-11)6-14/h2-5,9,12H,7-8H2,1H3,(H,16,17). The topological polar surface area (TPSA) is 64.3 Å². The van der Waals surface area contributed by atoms with Gasteiger partial charge in [0.05, 0.1) is 17.6 Å². The number of carbonyl (C=O) groups is 1. The molecular weight excluding hydrogens is 216 g/mol. The van der Waals surface area contributed by atoms with Gasteiger partial charge >= 0.3 is 5.97 Å². The van der Waals surface area contributed by atoms with Gasteiger partial charge < -0.3 is 5.11 Å². The van der Waals surface area contributed by atoms with Gasteiger partial charge in [0.2, 0.25) is 0 Å². The zero-order valence-corrected chi connectivity index (χ0v) is 9.63. The number of rotatable bonds is 3. The van der Waals surface area contributed by atoms with Crippen LogP contribution in [0.5, 0.6) is 0 Å². The van der Waals surface area contributed by atoms with Gasteiger partial charge in [-0.3, -0.25) is 9.69 Å². The highest BCUT2D eigenvalue weighted by atomic mass is 16.4. The number of aliphatic carboxylic acids is 1. The summed E-state index contributed by atoms with van der Waals surface area (Å²) in [7, 11) is 0. The number of carboxylic acids is 1. The Hall–Kier alpha value is -1.86. The summed E-state index contributed by atoms with van der Waals surface area (Å²) >= 11 is 0. The number of nitriles is 1. The van der Waals surface area contributed by atoms with Crippen LogP contribution in [0.25, 0.3) is 0 Å². The van der Waals surface area contributed by atoms with Gasteiger partial charge in [0.1, 0.15) is 0 Å². The van der Waals surface area contributed by atoms with Crippen LogP contribution in [0.15, 0.2) is 24.3 Å². The third-order valence-corrected chi connectivity index (χ3v) is 3.30. The Bertz CT molecular complexity index is 473. The smallest absolute Gasteiger partial charge is 0.309 e. The first-order valence-electron chi connectivity index (χ1n) is 5.58. The maximum Gasteiger partial charge on any atom is 0.309 e. The van der Waals surface area contributed by atoms with Crippen molar-refractivity contribution >= 4 is 5.97 Å². The van der Waals surface area contributed by atoms with E-state index in [4.69, 9.17) is 10.4 Å². The molecule has 1 unspecified atom stereocenters. The van der Waals surface area contributed by atoms with E-state index in [9.17, 15) is 4.79 Å². The summed E-state index contributed by atoms with van der Waals surface area (Å²) in [5.74, 6) is -0.962. The van der Waals surface area contributed by atoms with Crippen LogP contribution in [-0.2, 0) is 4.79 Å². The molecule has 1 atom stereocenters. The van der Waals surface area contributed by atoms with E-state index in [-0.39, 0.29) is 12.0 Å². The van der Waals surface area contributed by atoms with Gasteiger partial charge in [0.25, 0.3) is 0 Å². The number of carboxylic acid groups (broad SMARTS) is 1. The van der Waals surface area contributed by atoms with Crippen molar-refractivity contribution in [3.8, 4) is 6.07 Å². The van der Waals surface area contributed by atoms with Crippen molar-refractivity contribution in [1.29, 1.82) is 5.26 Å². The molecular formula is C13H14N2O2. The molecule has 0 spiro atoms. The van der Waals surface area contributed by atoms with Crippen LogP contribution >= 0.6 is 0 Å². The second-order valence-electron chi connectivity index (χ2n) is 4.40. The minimum absolute atomic E-state index is 0.166. The molecule has 0 aliphatic carbocycles. The lowest BCUT2D eigenvalue weighted by Crippen LogP contribution is -2.51. The molecule has 2 rings (SSSR count). The van der Waals surface area contributed by atoms with E-state index in [1.165, 1.54) is 0 Å². The Morgan fingerprint density at radius 2 is 2.29 bits per heavy atom. The summed E-state index contributed by atoms with van der Waals surface area (Å²) in [6.45, 7) is 3.22. The van der Waals surface area contributed by atoms with Crippen molar-refractivity contribution in [2.24, 2.45) is 5.92 Å². The minimum Gasteiger partial charge on any atom is -0.481 e. The van der Waals surface area contributed by atoms with Gasteiger partial charge in [-0.1, -0.05) is 12.1 Å². The van der Waals surface area contributed by atoms with E-state index in [1.807, 2.05) is 25.1 Å². The second kappa shape index (κ2) is 4.56. The molecule has 17 heavy (non-hydrogen) atoms. The van der Waals surface area contributed by atoms with Crippen molar-refractivity contribution in [3.63, 3.8) is 0 Å². The molecule has 1 saturated heterocycles. The van der Waals surface area contributed by atoms with Crippen LogP contribution in [0.4, 0.5) is 0 Å². The molecule has 1 N–H and O–H groups in total. The normalized spacial score (nSPS) is 18.1. The fourth-order valence-corrected chi connectivity index (χ4v) is 2.06. The lowest BCUT2D eigenvalue weighted by atomic mass is 9.95. The zero-order chi connectivity index (χ0) is 12.4. The van der Waals surface area contributed by atoms with Crippen LogP contribution in [0.2, 0.25) is 0 Å². The van der Waals surface area contributed by atoms with Crippen molar-refractivity contribution in [2.45, 2.75) is 13.0 Å². The number of benzene rings is 1. The van der Waals surface area contributed by atoms with Crippen molar-refractivity contribution in [1.82, 2.24) is 4.90 Å². The second-order valence-corrected chi connectivity index (χ2v) is 4.40. The van der Waals surface area contributed by atoms with E-state index in [0.29, 0.717) is 18.7 Å². The average Bonchev–Trinajstić information content (AvgIpc) is 2.26. The minimum atomic E-state index is -0.723. The molecule has 0 bridgehead atoms. The summed E-state index contributed by atoms with van der Waals surface area (Å²) < 4.78 is 0. The fourth-order valence-electron chi connectivity index (χ4n) is 2.06. The number of likely N-dealkylation sites (tertiary alicyclic amines) is 1. The van der Waals surface area contributed by atoms with E-state index < -0.39 is 5.97 Å². The fraction of sp³-hybridized carbons (Fsp3) is 0.385. The predicted molar refractivity (Wildman–Crippen MR) is 62.3 cm³/mol. The summed E-state index contributed by atoms with van der Waals surface area (Å²) in [5.41, 5.74) is 1.71. The third kappa shape index (κ3) is 2.29. The maximum atomic E-state index is 10.7. The van der Waals surface area contributed by atoms with Gasteiger partial charge in [0, 0.05) is 19.1 Å². The van der Waals surface area contributed by atoms with Crippen LogP contribution in [0, 0.1) is 17.2 Å². The Morgan fingerprint density at radius 3 is 2.88 bits per heavy atom. The molecule has 1 aromatic rings. The lowest BCUT2D eigenvalue weighted by molar-refractivity contribution is -0.148. The summed E-state index contributed by atoms with van der Waals surface area (Å²) in [4.78, 5) is 12.8. The molecule has 0 amide bonds. The van der Waals surface area contributed by atoms with Gasteiger partial charge in [-0.2, -0.15) is 5.26 Å². The maximum absolute atomic E-state index is 10.7. The molecule has 88 valence electrons. The van der Waals surface area contributed by atoms with Crippen LogP contribution in [-0.4, -0.2) is 29.1 Å². The van der Waals surface area contributed by atoms with Crippen molar-refractivity contribution in [3.05, 3.63) is 35.4 Å². The summed E-state index contributed by atoms with van der Waals surface area (Å²) in [6, 6.07) is 9.74. The predicted octanol–water partition coefficient (Wildman–Crippen LogP) is 1.64. The molecule has 1 fully saturated rings. The molecule has 0 radical (unpaired) electrons. The number of nitrogens with zero attached hydrogens (tertiary/aromatic N) is 2. The van der Waals surface area contributed by atoms with E-state index >= 15 is 0 Å². The van der Waals surface area contributed by atoms with E-state index in [0.717, 1.165) is 5.56 Å². The largest absolute Gasteiger partial charge is 0.481 e. The molecule has 4 nitrogen and oxygen atoms in total.